The molecule has 3 unspecified atom stereocenters. The smallest absolute Gasteiger partial charge is 0.306 e. The molecule has 1 fully saturated rings. The van der Waals surface area contributed by atoms with Crippen LogP contribution in [0.2, 0.25) is 0 Å². The highest BCUT2D eigenvalue weighted by molar-refractivity contribution is 5.80. The van der Waals surface area contributed by atoms with E-state index in [0.29, 0.717) is 12.8 Å². The zero-order chi connectivity index (χ0) is 12.1. The lowest BCUT2D eigenvalue weighted by Gasteiger charge is -2.28. The van der Waals surface area contributed by atoms with Crippen molar-refractivity contribution in [3.63, 3.8) is 0 Å². The first kappa shape index (κ1) is 13.0. The first-order valence-electron chi connectivity index (χ1n) is 5.60. The van der Waals surface area contributed by atoms with E-state index < -0.39 is 12.1 Å². The van der Waals surface area contributed by atoms with Crippen LogP contribution in [0.4, 0.5) is 0 Å². The van der Waals surface area contributed by atoms with Gasteiger partial charge in [-0.05, 0) is 26.2 Å². The number of hydrogen-bond acceptors (Lipinski definition) is 3. The molecule has 0 aliphatic heterocycles. The van der Waals surface area contributed by atoms with Crippen molar-refractivity contribution in [1.82, 2.24) is 5.32 Å². The fraction of sp³-hybridized carbons (Fsp3) is 0.818. The molecular weight excluding hydrogens is 210 g/mol. The van der Waals surface area contributed by atoms with Crippen molar-refractivity contribution < 1.29 is 19.4 Å². The summed E-state index contributed by atoms with van der Waals surface area (Å²) < 4.78 is 4.90. The number of carbonyl (C=O) groups excluding carboxylic acids is 1. The fourth-order valence-electron chi connectivity index (χ4n) is 1.97. The summed E-state index contributed by atoms with van der Waals surface area (Å²) in [7, 11) is 1.48. The molecule has 3 atom stereocenters. The van der Waals surface area contributed by atoms with Crippen molar-refractivity contribution >= 4 is 11.9 Å². The van der Waals surface area contributed by atoms with Crippen LogP contribution >= 0.6 is 0 Å². The summed E-state index contributed by atoms with van der Waals surface area (Å²) in [5.41, 5.74) is 0. The summed E-state index contributed by atoms with van der Waals surface area (Å²) in [6.45, 7) is 1.67. The monoisotopic (exact) mass is 229 g/mol. The first-order chi connectivity index (χ1) is 7.54. The Balaban J connectivity index is 2.43. The molecule has 0 saturated heterocycles. The van der Waals surface area contributed by atoms with E-state index in [1.165, 1.54) is 7.11 Å². The number of carbonyl (C=O) groups is 2. The van der Waals surface area contributed by atoms with Gasteiger partial charge in [0.25, 0.3) is 0 Å². The Morgan fingerprint density at radius 2 is 2.12 bits per heavy atom. The molecule has 0 aromatic carbocycles. The summed E-state index contributed by atoms with van der Waals surface area (Å²) in [5.74, 6) is -1.26. The normalized spacial score (nSPS) is 27.1. The van der Waals surface area contributed by atoms with Crippen LogP contribution in [0.25, 0.3) is 0 Å². The minimum atomic E-state index is -0.765. The number of methoxy groups -OCH3 is 1. The third kappa shape index (κ3) is 3.48. The molecule has 0 bridgehead atoms. The lowest BCUT2D eigenvalue weighted by Crippen LogP contribution is -2.44. The lowest BCUT2D eigenvalue weighted by atomic mass is 9.86. The Hall–Kier alpha value is -1.10. The van der Waals surface area contributed by atoms with Crippen molar-refractivity contribution in [2.45, 2.75) is 44.8 Å². The van der Waals surface area contributed by atoms with Crippen LogP contribution in [0.1, 0.15) is 32.6 Å². The van der Waals surface area contributed by atoms with Crippen LogP contribution in [0, 0.1) is 5.92 Å². The quantitative estimate of drug-likeness (QED) is 0.747. The number of rotatable bonds is 4. The molecule has 16 heavy (non-hydrogen) atoms. The summed E-state index contributed by atoms with van der Waals surface area (Å²) >= 11 is 0. The highest BCUT2D eigenvalue weighted by Gasteiger charge is 2.28. The first-order valence-corrected chi connectivity index (χ1v) is 5.60. The van der Waals surface area contributed by atoms with Gasteiger partial charge < -0.3 is 15.2 Å². The molecule has 0 radical (unpaired) electrons. The van der Waals surface area contributed by atoms with Crippen molar-refractivity contribution in [2.75, 3.05) is 7.11 Å². The molecule has 1 rings (SSSR count). The maximum absolute atomic E-state index is 11.5. The molecule has 1 aliphatic rings. The minimum Gasteiger partial charge on any atom is -0.481 e. The lowest BCUT2D eigenvalue weighted by molar-refractivity contribution is -0.143. The van der Waals surface area contributed by atoms with Crippen LogP contribution in [0.15, 0.2) is 0 Å². The topological polar surface area (TPSA) is 75.6 Å². The number of amides is 1. The second kappa shape index (κ2) is 5.84. The number of carboxylic acids is 1. The van der Waals surface area contributed by atoms with Gasteiger partial charge in [-0.1, -0.05) is 6.42 Å². The average molecular weight is 229 g/mol. The standard InChI is InChI=1S/C11H19NO4/c1-7(16-2)10(13)12-9-5-3-4-8(6-9)11(14)15/h7-9H,3-6H2,1-2H3,(H,12,13)(H,14,15). The van der Waals surface area contributed by atoms with Crippen LogP contribution < -0.4 is 5.32 Å². The maximum atomic E-state index is 11.5. The average Bonchev–Trinajstić information content (AvgIpc) is 2.28. The van der Waals surface area contributed by atoms with Gasteiger partial charge >= 0.3 is 5.97 Å². The van der Waals surface area contributed by atoms with E-state index >= 15 is 0 Å². The molecule has 0 heterocycles. The molecule has 1 amide bonds. The van der Waals surface area contributed by atoms with Crippen LogP contribution in [0.3, 0.4) is 0 Å². The SMILES string of the molecule is COC(C)C(=O)NC1CCCC(C(=O)O)C1. The van der Waals surface area contributed by atoms with E-state index in [-0.39, 0.29) is 17.9 Å². The van der Waals surface area contributed by atoms with Gasteiger partial charge in [0.1, 0.15) is 6.10 Å². The van der Waals surface area contributed by atoms with Crippen LogP contribution in [-0.2, 0) is 14.3 Å². The maximum Gasteiger partial charge on any atom is 0.306 e. The van der Waals surface area contributed by atoms with E-state index in [0.717, 1.165) is 12.8 Å². The van der Waals surface area contributed by atoms with Crippen LogP contribution in [0.5, 0.6) is 0 Å². The van der Waals surface area contributed by atoms with E-state index in [1.807, 2.05) is 0 Å². The molecule has 0 aromatic heterocycles. The predicted molar refractivity (Wildman–Crippen MR) is 58.0 cm³/mol. The Kier molecular flexibility index (Phi) is 4.73. The zero-order valence-electron chi connectivity index (χ0n) is 9.73. The minimum absolute atomic E-state index is 0.0278. The van der Waals surface area contributed by atoms with E-state index in [1.54, 1.807) is 6.92 Å². The Bertz CT molecular complexity index is 267. The molecule has 0 aromatic rings. The van der Waals surface area contributed by atoms with Crippen molar-refractivity contribution in [1.29, 1.82) is 0 Å². The number of ether oxygens (including phenoxy) is 1. The second-order valence-corrected chi connectivity index (χ2v) is 4.29. The van der Waals surface area contributed by atoms with Crippen molar-refractivity contribution in [2.24, 2.45) is 5.92 Å². The van der Waals surface area contributed by atoms with Gasteiger partial charge in [0.15, 0.2) is 0 Å². The van der Waals surface area contributed by atoms with Gasteiger partial charge in [-0.25, -0.2) is 0 Å². The van der Waals surface area contributed by atoms with Gasteiger partial charge in [-0.3, -0.25) is 9.59 Å². The second-order valence-electron chi connectivity index (χ2n) is 4.29. The highest BCUT2D eigenvalue weighted by atomic mass is 16.5. The molecule has 1 aliphatic carbocycles. The molecular formula is C11H19NO4. The third-order valence-corrected chi connectivity index (χ3v) is 3.09. The molecule has 5 nitrogen and oxygen atoms in total. The Morgan fingerprint density at radius 1 is 1.44 bits per heavy atom. The van der Waals surface area contributed by atoms with E-state index in [4.69, 9.17) is 9.84 Å². The number of hydrogen-bond donors (Lipinski definition) is 2. The summed E-state index contributed by atoms with van der Waals surface area (Å²) in [4.78, 5) is 22.4. The summed E-state index contributed by atoms with van der Waals surface area (Å²) in [6.07, 6.45) is 2.46. The van der Waals surface area contributed by atoms with Gasteiger partial charge in [0, 0.05) is 13.2 Å². The molecule has 92 valence electrons. The number of aliphatic carboxylic acids is 1. The fourth-order valence-corrected chi connectivity index (χ4v) is 1.97. The van der Waals surface area contributed by atoms with Gasteiger partial charge in [-0.15, -0.1) is 0 Å². The van der Waals surface area contributed by atoms with Gasteiger partial charge in [0.2, 0.25) is 5.91 Å². The Morgan fingerprint density at radius 3 is 2.69 bits per heavy atom. The summed E-state index contributed by atoms with van der Waals surface area (Å²) in [6, 6.07) is -0.0278. The molecule has 5 heteroatoms. The largest absolute Gasteiger partial charge is 0.481 e. The van der Waals surface area contributed by atoms with Gasteiger partial charge in [-0.2, -0.15) is 0 Å². The van der Waals surface area contributed by atoms with Crippen molar-refractivity contribution in [3.05, 3.63) is 0 Å². The molecule has 2 N–H and O–H groups in total. The third-order valence-electron chi connectivity index (χ3n) is 3.09. The van der Waals surface area contributed by atoms with E-state index in [2.05, 4.69) is 5.32 Å². The van der Waals surface area contributed by atoms with E-state index in [9.17, 15) is 9.59 Å². The zero-order valence-corrected chi connectivity index (χ0v) is 9.73. The number of nitrogens with one attached hydrogen (secondary N) is 1. The Labute approximate surface area is 95.2 Å². The molecule has 0 spiro atoms. The predicted octanol–water partition coefficient (Wildman–Crippen LogP) is 0.781. The molecule has 1 saturated carbocycles. The summed E-state index contributed by atoms with van der Waals surface area (Å²) in [5, 5.41) is 11.7. The van der Waals surface area contributed by atoms with Crippen molar-refractivity contribution in [3.8, 4) is 0 Å². The number of carboxylic acid groups (broad SMARTS) is 1. The van der Waals surface area contributed by atoms with Crippen LogP contribution in [-0.4, -0.2) is 36.2 Å². The van der Waals surface area contributed by atoms with Gasteiger partial charge in [0.05, 0.1) is 5.92 Å². The highest BCUT2D eigenvalue weighted by Crippen LogP contribution is 2.24.